The highest BCUT2D eigenvalue weighted by Crippen LogP contribution is 2.24. The van der Waals surface area contributed by atoms with Crippen LogP contribution in [0, 0.1) is 0 Å². The summed E-state index contributed by atoms with van der Waals surface area (Å²) < 4.78 is 10.7. The van der Waals surface area contributed by atoms with Crippen LogP contribution in [-0.2, 0) is 14.3 Å². The SMILES string of the molecule is CC(C)(C)OC(=O)N1C[C@@H](OC(=O)c2ccccc2)C[C@H]1C(N)=O. The van der Waals surface area contributed by atoms with E-state index < -0.39 is 35.7 Å². The van der Waals surface area contributed by atoms with Crippen molar-refractivity contribution in [2.75, 3.05) is 6.54 Å². The van der Waals surface area contributed by atoms with E-state index in [1.807, 2.05) is 0 Å². The lowest BCUT2D eigenvalue weighted by Gasteiger charge is -2.26. The molecule has 1 heterocycles. The van der Waals surface area contributed by atoms with Gasteiger partial charge in [0.05, 0.1) is 12.1 Å². The molecule has 0 unspecified atom stereocenters. The number of esters is 1. The summed E-state index contributed by atoms with van der Waals surface area (Å²) in [6, 6.07) is 7.66. The first-order chi connectivity index (χ1) is 11.2. The summed E-state index contributed by atoms with van der Waals surface area (Å²) in [6.45, 7) is 5.26. The fourth-order valence-electron chi connectivity index (χ4n) is 2.47. The normalized spacial score (nSPS) is 20.5. The molecule has 0 saturated carbocycles. The van der Waals surface area contributed by atoms with Crippen molar-refractivity contribution in [1.82, 2.24) is 4.90 Å². The zero-order valence-electron chi connectivity index (χ0n) is 14.0. The molecule has 1 aliphatic heterocycles. The number of primary amides is 1. The van der Waals surface area contributed by atoms with Crippen molar-refractivity contribution in [3.63, 3.8) is 0 Å². The van der Waals surface area contributed by atoms with Crippen LogP contribution in [0.4, 0.5) is 4.79 Å². The predicted molar refractivity (Wildman–Crippen MR) is 86.2 cm³/mol. The predicted octanol–water partition coefficient (Wildman–Crippen LogP) is 1.71. The number of hydrogen-bond acceptors (Lipinski definition) is 5. The van der Waals surface area contributed by atoms with Gasteiger partial charge in [0.1, 0.15) is 17.7 Å². The number of rotatable bonds is 3. The lowest BCUT2D eigenvalue weighted by Crippen LogP contribution is -2.45. The van der Waals surface area contributed by atoms with E-state index in [0.29, 0.717) is 5.56 Å². The van der Waals surface area contributed by atoms with Crippen molar-refractivity contribution in [1.29, 1.82) is 0 Å². The number of ether oxygens (including phenoxy) is 2. The topological polar surface area (TPSA) is 98.9 Å². The second kappa shape index (κ2) is 6.90. The zero-order valence-corrected chi connectivity index (χ0v) is 14.0. The number of nitrogens with two attached hydrogens (primary N) is 1. The molecule has 0 radical (unpaired) electrons. The standard InChI is InChI=1S/C17H22N2O5/c1-17(2,3)24-16(22)19-10-12(9-13(19)14(18)20)23-15(21)11-7-5-4-6-8-11/h4-8,12-13H,9-10H2,1-3H3,(H2,18,20)/t12-,13-/m0/s1. The number of likely N-dealkylation sites (tertiary alicyclic amines) is 1. The molecule has 130 valence electrons. The van der Waals surface area contributed by atoms with Gasteiger partial charge in [-0.2, -0.15) is 0 Å². The number of amides is 2. The van der Waals surface area contributed by atoms with Gasteiger partial charge in [-0.25, -0.2) is 9.59 Å². The van der Waals surface area contributed by atoms with Gasteiger partial charge in [-0.1, -0.05) is 18.2 Å². The third kappa shape index (κ3) is 4.47. The maximum Gasteiger partial charge on any atom is 0.411 e. The molecular weight excluding hydrogens is 312 g/mol. The number of carbonyl (C=O) groups is 3. The van der Waals surface area contributed by atoms with Gasteiger partial charge in [0.2, 0.25) is 5.91 Å². The highest BCUT2D eigenvalue weighted by Gasteiger charge is 2.42. The molecule has 24 heavy (non-hydrogen) atoms. The van der Waals surface area contributed by atoms with E-state index in [0.717, 1.165) is 0 Å². The Hall–Kier alpha value is -2.57. The van der Waals surface area contributed by atoms with Crippen LogP contribution in [0.2, 0.25) is 0 Å². The second-order valence-electron chi connectivity index (χ2n) is 6.68. The van der Waals surface area contributed by atoms with Gasteiger partial charge in [-0.3, -0.25) is 9.69 Å². The Morgan fingerprint density at radius 2 is 1.79 bits per heavy atom. The third-order valence-corrected chi connectivity index (χ3v) is 3.50. The van der Waals surface area contributed by atoms with E-state index in [9.17, 15) is 14.4 Å². The molecule has 2 atom stereocenters. The van der Waals surface area contributed by atoms with Gasteiger partial charge in [-0.05, 0) is 32.9 Å². The van der Waals surface area contributed by atoms with Crippen LogP contribution in [-0.4, -0.2) is 47.2 Å². The van der Waals surface area contributed by atoms with E-state index in [1.165, 1.54) is 4.90 Å². The van der Waals surface area contributed by atoms with Crippen molar-refractivity contribution in [3.8, 4) is 0 Å². The molecule has 1 aliphatic rings. The molecule has 7 nitrogen and oxygen atoms in total. The fraction of sp³-hybridized carbons (Fsp3) is 0.471. The van der Waals surface area contributed by atoms with Crippen molar-refractivity contribution in [2.24, 2.45) is 5.73 Å². The van der Waals surface area contributed by atoms with Crippen LogP contribution in [0.25, 0.3) is 0 Å². The molecule has 0 bridgehead atoms. The van der Waals surface area contributed by atoms with E-state index in [-0.39, 0.29) is 13.0 Å². The minimum atomic E-state index is -0.853. The minimum Gasteiger partial charge on any atom is -0.457 e. The zero-order chi connectivity index (χ0) is 17.9. The van der Waals surface area contributed by atoms with Crippen LogP contribution in [0.5, 0.6) is 0 Å². The molecule has 7 heteroatoms. The Balaban J connectivity index is 2.05. The average molecular weight is 334 g/mol. The third-order valence-electron chi connectivity index (χ3n) is 3.50. The number of carbonyl (C=O) groups excluding carboxylic acids is 3. The lowest BCUT2D eigenvalue weighted by molar-refractivity contribution is -0.122. The van der Waals surface area contributed by atoms with Crippen LogP contribution in [0.15, 0.2) is 30.3 Å². The Kier molecular flexibility index (Phi) is 5.11. The first-order valence-corrected chi connectivity index (χ1v) is 7.72. The Morgan fingerprint density at radius 1 is 1.17 bits per heavy atom. The summed E-state index contributed by atoms with van der Waals surface area (Å²) in [6.07, 6.45) is -1.10. The number of benzene rings is 1. The van der Waals surface area contributed by atoms with Crippen molar-refractivity contribution < 1.29 is 23.9 Å². The largest absolute Gasteiger partial charge is 0.457 e. The van der Waals surface area contributed by atoms with E-state index in [4.69, 9.17) is 15.2 Å². The van der Waals surface area contributed by atoms with Crippen LogP contribution in [0.1, 0.15) is 37.6 Å². The van der Waals surface area contributed by atoms with Crippen molar-refractivity contribution >= 4 is 18.0 Å². The summed E-state index contributed by atoms with van der Waals surface area (Å²) in [7, 11) is 0. The Morgan fingerprint density at radius 3 is 2.33 bits per heavy atom. The van der Waals surface area contributed by atoms with E-state index in [2.05, 4.69) is 0 Å². The molecule has 0 aromatic heterocycles. The van der Waals surface area contributed by atoms with Crippen LogP contribution in [0.3, 0.4) is 0 Å². The fourth-order valence-corrected chi connectivity index (χ4v) is 2.47. The molecule has 2 rings (SSSR count). The maximum atomic E-state index is 12.2. The summed E-state index contributed by atoms with van der Waals surface area (Å²) in [5.74, 6) is -1.16. The molecule has 0 aliphatic carbocycles. The van der Waals surface area contributed by atoms with Gasteiger partial charge in [-0.15, -0.1) is 0 Å². The number of nitrogens with zero attached hydrogens (tertiary/aromatic N) is 1. The van der Waals surface area contributed by atoms with E-state index in [1.54, 1.807) is 51.1 Å². The van der Waals surface area contributed by atoms with Gasteiger partial charge >= 0.3 is 12.1 Å². The molecular formula is C17H22N2O5. The van der Waals surface area contributed by atoms with Crippen LogP contribution < -0.4 is 5.73 Å². The quantitative estimate of drug-likeness (QED) is 0.848. The van der Waals surface area contributed by atoms with Crippen molar-refractivity contribution in [3.05, 3.63) is 35.9 Å². The minimum absolute atomic E-state index is 0.0705. The molecule has 1 aromatic rings. The molecule has 1 aromatic carbocycles. The molecule has 1 fully saturated rings. The van der Waals surface area contributed by atoms with E-state index >= 15 is 0 Å². The van der Waals surface area contributed by atoms with Gasteiger partial charge in [0, 0.05) is 6.42 Å². The summed E-state index contributed by atoms with van der Waals surface area (Å²) in [4.78, 5) is 37.2. The summed E-state index contributed by atoms with van der Waals surface area (Å²) >= 11 is 0. The highest BCUT2D eigenvalue weighted by molar-refractivity contribution is 5.90. The first kappa shape index (κ1) is 17.8. The molecule has 2 N–H and O–H groups in total. The molecule has 2 amide bonds. The van der Waals surface area contributed by atoms with Gasteiger partial charge in [0.15, 0.2) is 0 Å². The Labute approximate surface area is 140 Å². The van der Waals surface area contributed by atoms with Crippen molar-refractivity contribution in [2.45, 2.75) is 44.9 Å². The lowest BCUT2D eigenvalue weighted by atomic mass is 10.2. The van der Waals surface area contributed by atoms with Gasteiger partial charge in [0.25, 0.3) is 0 Å². The first-order valence-electron chi connectivity index (χ1n) is 7.72. The number of hydrogen-bond donors (Lipinski definition) is 1. The monoisotopic (exact) mass is 334 g/mol. The Bertz CT molecular complexity index is 624. The second-order valence-corrected chi connectivity index (χ2v) is 6.68. The molecule has 0 spiro atoms. The maximum absolute atomic E-state index is 12.2. The van der Waals surface area contributed by atoms with Gasteiger partial charge < -0.3 is 15.2 Å². The smallest absolute Gasteiger partial charge is 0.411 e. The molecule has 1 saturated heterocycles. The highest BCUT2D eigenvalue weighted by atomic mass is 16.6. The van der Waals surface area contributed by atoms with Crippen LogP contribution >= 0.6 is 0 Å². The summed E-state index contributed by atoms with van der Waals surface area (Å²) in [5, 5.41) is 0. The summed E-state index contributed by atoms with van der Waals surface area (Å²) in [5.41, 5.74) is 5.07. The average Bonchev–Trinajstić information content (AvgIpc) is 2.90.